The van der Waals surface area contributed by atoms with Gasteiger partial charge in [-0.3, -0.25) is 0 Å². The zero-order valence-electron chi connectivity index (χ0n) is 12.7. The molecule has 1 aromatic rings. The number of rotatable bonds is 5. The topological polar surface area (TPSA) is 15.3 Å². The molecule has 0 spiro atoms. The van der Waals surface area contributed by atoms with Gasteiger partial charge in [-0.25, -0.2) is 0 Å². The molecule has 0 heterocycles. The van der Waals surface area contributed by atoms with E-state index in [1.807, 2.05) is 0 Å². The SMILES string of the molecule is CNC1(CCN(C)c2cccc(C)c2)CCCCC1. The van der Waals surface area contributed by atoms with Crippen LogP contribution in [0.25, 0.3) is 0 Å². The number of benzene rings is 1. The second kappa shape index (κ2) is 6.42. The average Bonchev–Trinajstić information content (AvgIpc) is 2.46. The van der Waals surface area contributed by atoms with Gasteiger partial charge in [0.25, 0.3) is 0 Å². The predicted molar refractivity (Wildman–Crippen MR) is 83.9 cm³/mol. The van der Waals surface area contributed by atoms with Crippen LogP contribution in [0.4, 0.5) is 5.69 Å². The van der Waals surface area contributed by atoms with Crippen molar-refractivity contribution < 1.29 is 0 Å². The average molecular weight is 260 g/mol. The van der Waals surface area contributed by atoms with Crippen molar-refractivity contribution in [3.05, 3.63) is 29.8 Å². The summed E-state index contributed by atoms with van der Waals surface area (Å²) < 4.78 is 0. The Balaban J connectivity index is 1.93. The van der Waals surface area contributed by atoms with Crippen molar-refractivity contribution in [1.82, 2.24) is 5.32 Å². The molecule has 19 heavy (non-hydrogen) atoms. The molecule has 2 nitrogen and oxygen atoms in total. The van der Waals surface area contributed by atoms with Gasteiger partial charge in [0.2, 0.25) is 0 Å². The van der Waals surface area contributed by atoms with Crippen LogP contribution in [0, 0.1) is 6.92 Å². The molecular formula is C17H28N2. The van der Waals surface area contributed by atoms with Crippen LogP contribution in [0.15, 0.2) is 24.3 Å². The molecule has 106 valence electrons. The number of hydrogen-bond donors (Lipinski definition) is 1. The maximum Gasteiger partial charge on any atom is 0.0366 e. The van der Waals surface area contributed by atoms with Gasteiger partial charge in [-0.1, -0.05) is 31.4 Å². The molecule has 0 amide bonds. The third-order valence-electron chi connectivity index (χ3n) is 4.71. The second-order valence-corrected chi connectivity index (χ2v) is 6.10. The molecule has 1 saturated carbocycles. The molecule has 2 heteroatoms. The van der Waals surface area contributed by atoms with E-state index < -0.39 is 0 Å². The highest BCUT2D eigenvalue weighted by molar-refractivity contribution is 5.47. The lowest BCUT2D eigenvalue weighted by atomic mass is 9.79. The van der Waals surface area contributed by atoms with Crippen LogP contribution in [0.3, 0.4) is 0 Å². The van der Waals surface area contributed by atoms with Crippen LogP contribution in [-0.4, -0.2) is 26.2 Å². The Bertz CT molecular complexity index is 394. The van der Waals surface area contributed by atoms with Crippen LogP contribution >= 0.6 is 0 Å². The summed E-state index contributed by atoms with van der Waals surface area (Å²) >= 11 is 0. The van der Waals surface area contributed by atoms with E-state index in [2.05, 4.69) is 55.5 Å². The summed E-state index contributed by atoms with van der Waals surface area (Å²) in [5.74, 6) is 0. The number of anilines is 1. The smallest absolute Gasteiger partial charge is 0.0366 e. The maximum absolute atomic E-state index is 3.61. The lowest BCUT2D eigenvalue weighted by Gasteiger charge is -2.38. The van der Waals surface area contributed by atoms with E-state index in [0.717, 1.165) is 6.54 Å². The molecule has 1 N–H and O–H groups in total. The molecule has 0 bridgehead atoms. The lowest BCUT2D eigenvalue weighted by Crippen LogP contribution is -2.46. The summed E-state index contributed by atoms with van der Waals surface area (Å²) in [5, 5.41) is 3.61. The second-order valence-electron chi connectivity index (χ2n) is 6.10. The fourth-order valence-electron chi connectivity index (χ4n) is 3.23. The first-order valence-electron chi connectivity index (χ1n) is 7.62. The molecule has 2 rings (SSSR count). The highest BCUT2D eigenvalue weighted by Crippen LogP contribution is 2.31. The van der Waals surface area contributed by atoms with Gasteiger partial charge in [0.15, 0.2) is 0 Å². The summed E-state index contributed by atoms with van der Waals surface area (Å²) in [7, 11) is 4.35. The van der Waals surface area contributed by atoms with Crippen molar-refractivity contribution in [2.45, 2.75) is 51.0 Å². The summed E-state index contributed by atoms with van der Waals surface area (Å²) in [6.45, 7) is 3.29. The fourth-order valence-corrected chi connectivity index (χ4v) is 3.23. The first-order valence-corrected chi connectivity index (χ1v) is 7.62. The quantitative estimate of drug-likeness (QED) is 0.867. The minimum atomic E-state index is 0.385. The molecule has 1 fully saturated rings. The van der Waals surface area contributed by atoms with Crippen LogP contribution in [0.1, 0.15) is 44.1 Å². The third-order valence-corrected chi connectivity index (χ3v) is 4.71. The van der Waals surface area contributed by atoms with Gasteiger partial charge in [-0.05, 0) is 50.9 Å². The van der Waals surface area contributed by atoms with E-state index in [9.17, 15) is 0 Å². The van der Waals surface area contributed by atoms with Crippen molar-refractivity contribution in [1.29, 1.82) is 0 Å². The summed E-state index contributed by atoms with van der Waals surface area (Å²) in [4.78, 5) is 2.39. The molecule has 0 unspecified atom stereocenters. The Morgan fingerprint density at radius 1 is 1.21 bits per heavy atom. The molecule has 1 aromatic carbocycles. The van der Waals surface area contributed by atoms with Gasteiger partial charge in [0, 0.05) is 24.8 Å². The predicted octanol–water partition coefficient (Wildman–Crippen LogP) is 3.74. The normalized spacial score (nSPS) is 18.3. The first-order chi connectivity index (χ1) is 9.15. The Morgan fingerprint density at radius 2 is 1.95 bits per heavy atom. The Morgan fingerprint density at radius 3 is 2.58 bits per heavy atom. The molecule has 0 radical (unpaired) electrons. The number of hydrogen-bond acceptors (Lipinski definition) is 2. The molecule has 1 aliphatic carbocycles. The van der Waals surface area contributed by atoms with Gasteiger partial charge in [0.1, 0.15) is 0 Å². The van der Waals surface area contributed by atoms with Gasteiger partial charge >= 0.3 is 0 Å². The number of aryl methyl sites for hydroxylation is 1. The van der Waals surface area contributed by atoms with E-state index in [1.165, 1.54) is 49.8 Å². The standard InChI is InChI=1S/C17H28N2/c1-15-8-7-9-16(14-15)19(3)13-12-17(18-2)10-5-4-6-11-17/h7-9,14,18H,4-6,10-13H2,1-3H3. The van der Waals surface area contributed by atoms with Crippen molar-refractivity contribution >= 4 is 5.69 Å². The molecule has 1 aliphatic rings. The van der Waals surface area contributed by atoms with Crippen LogP contribution in [0.5, 0.6) is 0 Å². The van der Waals surface area contributed by atoms with E-state index in [0.29, 0.717) is 5.54 Å². The van der Waals surface area contributed by atoms with E-state index in [4.69, 9.17) is 0 Å². The Kier molecular flexibility index (Phi) is 4.87. The Hall–Kier alpha value is -1.02. The minimum absolute atomic E-state index is 0.385. The van der Waals surface area contributed by atoms with Crippen LogP contribution < -0.4 is 10.2 Å². The molecule has 0 aliphatic heterocycles. The monoisotopic (exact) mass is 260 g/mol. The minimum Gasteiger partial charge on any atom is -0.375 e. The van der Waals surface area contributed by atoms with E-state index in [1.54, 1.807) is 0 Å². The molecule has 0 atom stereocenters. The van der Waals surface area contributed by atoms with Crippen molar-refractivity contribution in [3.8, 4) is 0 Å². The van der Waals surface area contributed by atoms with Gasteiger partial charge in [0.05, 0.1) is 0 Å². The maximum atomic E-state index is 3.61. The molecule has 0 aromatic heterocycles. The third kappa shape index (κ3) is 3.73. The summed E-state index contributed by atoms with van der Waals surface area (Å²) in [6, 6.07) is 8.79. The highest BCUT2D eigenvalue weighted by atomic mass is 15.1. The zero-order valence-corrected chi connectivity index (χ0v) is 12.7. The van der Waals surface area contributed by atoms with Gasteiger partial charge < -0.3 is 10.2 Å². The number of nitrogens with one attached hydrogen (secondary N) is 1. The molecule has 0 saturated heterocycles. The highest BCUT2D eigenvalue weighted by Gasteiger charge is 2.29. The summed E-state index contributed by atoms with van der Waals surface area (Å²) in [6.07, 6.45) is 8.10. The fraction of sp³-hybridized carbons (Fsp3) is 0.647. The largest absolute Gasteiger partial charge is 0.375 e. The Labute approximate surface area is 118 Å². The van der Waals surface area contributed by atoms with Crippen molar-refractivity contribution in [3.63, 3.8) is 0 Å². The van der Waals surface area contributed by atoms with Gasteiger partial charge in [-0.15, -0.1) is 0 Å². The van der Waals surface area contributed by atoms with Crippen molar-refractivity contribution in [2.75, 3.05) is 25.5 Å². The van der Waals surface area contributed by atoms with E-state index in [-0.39, 0.29) is 0 Å². The van der Waals surface area contributed by atoms with Gasteiger partial charge in [-0.2, -0.15) is 0 Å². The van der Waals surface area contributed by atoms with Crippen molar-refractivity contribution in [2.24, 2.45) is 0 Å². The zero-order chi connectivity index (χ0) is 13.7. The lowest BCUT2D eigenvalue weighted by molar-refractivity contribution is 0.233. The summed E-state index contributed by atoms with van der Waals surface area (Å²) in [5.41, 5.74) is 3.06. The molecular weight excluding hydrogens is 232 g/mol. The first kappa shape index (κ1) is 14.4. The van der Waals surface area contributed by atoms with Crippen LogP contribution in [0.2, 0.25) is 0 Å². The number of nitrogens with zero attached hydrogens (tertiary/aromatic N) is 1. The van der Waals surface area contributed by atoms with E-state index >= 15 is 0 Å². The van der Waals surface area contributed by atoms with Crippen LogP contribution in [-0.2, 0) is 0 Å².